The van der Waals surface area contributed by atoms with Crippen LogP contribution in [0.4, 0.5) is 0 Å². The zero-order chi connectivity index (χ0) is 20.3. The Labute approximate surface area is 169 Å². The van der Waals surface area contributed by atoms with Gasteiger partial charge in [-0.1, -0.05) is 32.4 Å². The van der Waals surface area contributed by atoms with E-state index in [4.69, 9.17) is 5.11 Å². The highest BCUT2D eigenvalue weighted by Gasteiger charge is 2.64. The molecule has 0 amide bonds. The molecule has 3 N–H and O–H groups in total. The van der Waals surface area contributed by atoms with Crippen molar-refractivity contribution in [1.29, 1.82) is 0 Å². The van der Waals surface area contributed by atoms with Crippen LogP contribution in [0.5, 0.6) is 0 Å². The Balaban J connectivity index is 1.59. The topological polar surface area (TPSA) is 77.8 Å². The Morgan fingerprint density at radius 3 is 2.61 bits per heavy atom. The van der Waals surface area contributed by atoms with E-state index in [0.717, 1.165) is 32.1 Å². The van der Waals surface area contributed by atoms with Crippen molar-refractivity contribution in [3.05, 3.63) is 11.6 Å². The predicted octanol–water partition coefficient (Wildman–Crippen LogP) is 4.75. The molecule has 4 aliphatic rings. The minimum absolute atomic E-state index is 0.272. The number of carboxylic acid groups (broad SMARTS) is 1. The van der Waals surface area contributed by atoms with Gasteiger partial charge in [-0.2, -0.15) is 0 Å². The summed E-state index contributed by atoms with van der Waals surface area (Å²) in [6.07, 6.45) is 11.4. The van der Waals surface area contributed by atoms with E-state index < -0.39 is 17.2 Å². The van der Waals surface area contributed by atoms with Gasteiger partial charge in [0, 0.05) is 18.3 Å². The SMILES string of the molecule is C[C@H](CCC(=O)O)[C@H]1CC[C@H]2[C@@H]3CCC4=CCCC(O)(O)[C@]4(C)[C@H]3CC[C@]12C. The van der Waals surface area contributed by atoms with Gasteiger partial charge in [0.15, 0.2) is 5.79 Å². The maximum atomic E-state index is 11.0. The Hall–Kier alpha value is -0.870. The fourth-order valence-corrected chi connectivity index (χ4v) is 8.33. The maximum absolute atomic E-state index is 11.0. The first-order valence-electron chi connectivity index (χ1n) is 11.5. The Kier molecular flexibility index (Phi) is 4.98. The van der Waals surface area contributed by atoms with Gasteiger partial charge in [0.05, 0.1) is 0 Å². The molecular weight excluding hydrogens is 352 g/mol. The van der Waals surface area contributed by atoms with Crippen molar-refractivity contribution in [3.8, 4) is 0 Å². The average Bonchev–Trinajstić information content (AvgIpc) is 2.98. The summed E-state index contributed by atoms with van der Waals surface area (Å²) < 4.78 is 0. The van der Waals surface area contributed by atoms with Crippen LogP contribution in [0.3, 0.4) is 0 Å². The Morgan fingerprint density at radius 1 is 1.14 bits per heavy atom. The van der Waals surface area contributed by atoms with E-state index in [0.29, 0.717) is 36.0 Å². The van der Waals surface area contributed by atoms with Crippen molar-refractivity contribution in [2.24, 2.45) is 40.4 Å². The van der Waals surface area contributed by atoms with Crippen molar-refractivity contribution < 1.29 is 20.1 Å². The Bertz CT molecular complexity index is 668. The first-order valence-corrected chi connectivity index (χ1v) is 11.5. The third kappa shape index (κ3) is 2.81. The standard InChI is InChI=1S/C24H38O4/c1-15(6-11-21(25)26)18-9-10-19-17-8-7-16-5-4-13-24(27,28)23(16,3)20(17)12-14-22(18,19)2/h5,15,17-20,27-28H,4,6-14H2,1-3H3,(H,25,26)/t15-,17+,18-,19+,20+,22-,23+/m1/s1. The minimum atomic E-state index is -1.58. The monoisotopic (exact) mass is 390 g/mol. The molecular formula is C24H38O4. The fourth-order valence-electron chi connectivity index (χ4n) is 8.33. The molecule has 4 rings (SSSR count). The molecule has 4 heteroatoms. The number of carbonyl (C=O) groups is 1. The van der Waals surface area contributed by atoms with Gasteiger partial charge in [-0.15, -0.1) is 0 Å². The van der Waals surface area contributed by atoms with E-state index in [1.807, 2.05) is 0 Å². The summed E-state index contributed by atoms with van der Waals surface area (Å²) in [7, 11) is 0. The van der Waals surface area contributed by atoms with Gasteiger partial charge < -0.3 is 15.3 Å². The number of aliphatic hydroxyl groups is 2. The molecule has 158 valence electrons. The second kappa shape index (κ2) is 6.84. The molecule has 0 spiro atoms. The van der Waals surface area contributed by atoms with Crippen molar-refractivity contribution >= 4 is 5.97 Å². The second-order valence-electron chi connectivity index (χ2n) is 10.8. The largest absolute Gasteiger partial charge is 0.481 e. The van der Waals surface area contributed by atoms with E-state index in [9.17, 15) is 15.0 Å². The van der Waals surface area contributed by atoms with Crippen LogP contribution in [0.2, 0.25) is 0 Å². The summed E-state index contributed by atoms with van der Waals surface area (Å²) in [5.74, 6) is 0.335. The highest BCUT2D eigenvalue weighted by atomic mass is 16.5. The molecule has 3 fully saturated rings. The summed E-state index contributed by atoms with van der Waals surface area (Å²) in [6, 6.07) is 0. The summed E-state index contributed by atoms with van der Waals surface area (Å²) in [6.45, 7) is 6.84. The molecule has 28 heavy (non-hydrogen) atoms. The molecule has 3 saturated carbocycles. The predicted molar refractivity (Wildman–Crippen MR) is 108 cm³/mol. The smallest absolute Gasteiger partial charge is 0.303 e. The third-order valence-electron chi connectivity index (χ3n) is 9.88. The van der Waals surface area contributed by atoms with Crippen LogP contribution in [-0.2, 0) is 4.79 Å². The number of allylic oxidation sites excluding steroid dienone is 1. The molecule has 4 aliphatic carbocycles. The Morgan fingerprint density at radius 2 is 1.89 bits per heavy atom. The number of rotatable bonds is 4. The minimum Gasteiger partial charge on any atom is -0.481 e. The molecule has 7 atom stereocenters. The molecule has 0 aromatic carbocycles. The van der Waals surface area contributed by atoms with Crippen molar-refractivity contribution in [2.45, 2.75) is 90.8 Å². The van der Waals surface area contributed by atoms with Gasteiger partial charge >= 0.3 is 5.97 Å². The van der Waals surface area contributed by atoms with Gasteiger partial charge in [0.2, 0.25) is 0 Å². The lowest BCUT2D eigenvalue weighted by atomic mass is 9.45. The summed E-state index contributed by atoms with van der Waals surface area (Å²) in [4.78, 5) is 11.0. The number of carboxylic acids is 1. The zero-order valence-corrected chi connectivity index (χ0v) is 17.8. The first-order chi connectivity index (χ1) is 13.1. The highest BCUT2D eigenvalue weighted by Crippen LogP contribution is 2.68. The molecule has 0 radical (unpaired) electrons. The van der Waals surface area contributed by atoms with Gasteiger partial charge in [-0.3, -0.25) is 4.79 Å². The average molecular weight is 391 g/mol. The van der Waals surface area contributed by atoms with Crippen LogP contribution in [0.1, 0.15) is 85.0 Å². The summed E-state index contributed by atoms with van der Waals surface area (Å²) in [5.41, 5.74) is 1.07. The van der Waals surface area contributed by atoms with Crippen molar-refractivity contribution in [1.82, 2.24) is 0 Å². The zero-order valence-electron chi connectivity index (χ0n) is 17.8. The molecule has 0 heterocycles. The molecule has 0 aliphatic heterocycles. The number of hydrogen-bond donors (Lipinski definition) is 3. The van der Waals surface area contributed by atoms with E-state index in [1.54, 1.807) is 0 Å². The molecule has 0 aromatic heterocycles. The van der Waals surface area contributed by atoms with E-state index >= 15 is 0 Å². The molecule has 4 nitrogen and oxygen atoms in total. The van der Waals surface area contributed by atoms with Crippen molar-refractivity contribution in [3.63, 3.8) is 0 Å². The van der Waals surface area contributed by atoms with Gasteiger partial charge in [0.25, 0.3) is 0 Å². The van der Waals surface area contributed by atoms with E-state index in [2.05, 4.69) is 26.8 Å². The normalized spacial score (nSPS) is 45.4. The second-order valence-corrected chi connectivity index (χ2v) is 10.8. The molecule has 0 saturated heterocycles. The van der Waals surface area contributed by atoms with Crippen LogP contribution >= 0.6 is 0 Å². The molecule has 0 bridgehead atoms. The lowest BCUT2D eigenvalue weighted by Gasteiger charge is -2.61. The lowest BCUT2D eigenvalue weighted by Crippen LogP contribution is -2.60. The van der Waals surface area contributed by atoms with Crippen LogP contribution in [0.15, 0.2) is 11.6 Å². The number of fused-ring (bicyclic) bond motifs is 5. The summed E-state index contributed by atoms with van der Waals surface area (Å²) >= 11 is 0. The van der Waals surface area contributed by atoms with Crippen LogP contribution in [0.25, 0.3) is 0 Å². The van der Waals surface area contributed by atoms with Crippen molar-refractivity contribution in [2.75, 3.05) is 0 Å². The lowest BCUT2D eigenvalue weighted by molar-refractivity contribution is -0.268. The highest BCUT2D eigenvalue weighted by molar-refractivity contribution is 5.66. The number of hydrogen-bond acceptors (Lipinski definition) is 3. The quantitative estimate of drug-likeness (QED) is 0.478. The molecule has 0 aromatic rings. The van der Waals surface area contributed by atoms with E-state index in [1.165, 1.54) is 24.8 Å². The third-order valence-corrected chi connectivity index (χ3v) is 9.88. The van der Waals surface area contributed by atoms with Crippen LogP contribution < -0.4 is 0 Å². The number of aliphatic carboxylic acids is 1. The van der Waals surface area contributed by atoms with Gasteiger partial charge in [-0.05, 0) is 86.4 Å². The fraction of sp³-hybridized carbons (Fsp3) is 0.875. The van der Waals surface area contributed by atoms with Crippen LogP contribution in [-0.4, -0.2) is 27.1 Å². The van der Waals surface area contributed by atoms with Crippen LogP contribution in [0, 0.1) is 40.4 Å². The maximum Gasteiger partial charge on any atom is 0.303 e. The first kappa shape index (κ1) is 20.4. The van der Waals surface area contributed by atoms with E-state index in [-0.39, 0.29) is 11.8 Å². The summed E-state index contributed by atoms with van der Waals surface area (Å²) in [5, 5.41) is 31.1. The van der Waals surface area contributed by atoms with Gasteiger partial charge in [-0.25, -0.2) is 0 Å². The van der Waals surface area contributed by atoms with Gasteiger partial charge in [0.1, 0.15) is 0 Å². The molecule has 0 unspecified atom stereocenters.